The Morgan fingerprint density at radius 3 is 2.60 bits per heavy atom. The maximum absolute atomic E-state index is 12.1. The molecule has 144 valence electrons. The molecule has 0 radical (unpaired) electrons. The number of likely N-dealkylation sites (tertiary alicyclic amines) is 1. The van der Waals surface area contributed by atoms with E-state index < -0.39 is 6.10 Å². The Balaban J connectivity index is 1.66. The maximum atomic E-state index is 12.1. The molecule has 25 heavy (non-hydrogen) atoms. The molecule has 2 aliphatic rings. The lowest BCUT2D eigenvalue weighted by Crippen LogP contribution is -2.51. The highest BCUT2D eigenvalue weighted by atomic mass is 16.5. The molecule has 7 nitrogen and oxygen atoms in total. The van der Waals surface area contributed by atoms with E-state index in [1.54, 1.807) is 6.92 Å². The van der Waals surface area contributed by atoms with E-state index in [-0.39, 0.29) is 30.6 Å². The van der Waals surface area contributed by atoms with Crippen LogP contribution in [0.3, 0.4) is 0 Å². The largest absolute Gasteiger partial charge is 0.394 e. The summed E-state index contributed by atoms with van der Waals surface area (Å²) in [7, 11) is 0. The van der Waals surface area contributed by atoms with E-state index in [0.717, 1.165) is 26.1 Å². The van der Waals surface area contributed by atoms with Crippen molar-refractivity contribution in [2.45, 2.75) is 70.1 Å². The van der Waals surface area contributed by atoms with E-state index in [0.29, 0.717) is 25.8 Å². The van der Waals surface area contributed by atoms with Crippen molar-refractivity contribution in [3.63, 3.8) is 0 Å². The first kappa shape index (κ1) is 20.1. The van der Waals surface area contributed by atoms with Crippen molar-refractivity contribution in [3.8, 4) is 0 Å². The van der Waals surface area contributed by atoms with Crippen LogP contribution in [0.1, 0.15) is 51.9 Å². The number of amides is 2. The van der Waals surface area contributed by atoms with Gasteiger partial charge in [0.15, 0.2) is 0 Å². The van der Waals surface area contributed by atoms with E-state index in [9.17, 15) is 14.7 Å². The maximum Gasteiger partial charge on any atom is 0.222 e. The molecule has 3 atom stereocenters. The van der Waals surface area contributed by atoms with Gasteiger partial charge in [-0.2, -0.15) is 0 Å². The van der Waals surface area contributed by atoms with Crippen LogP contribution < -0.4 is 10.6 Å². The van der Waals surface area contributed by atoms with Gasteiger partial charge in [0.1, 0.15) is 6.10 Å². The van der Waals surface area contributed by atoms with Crippen LogP contribution in [0.5, 0.6) is 0 Å². The van der Waals surface area contributed by atoms with E-state index in [1.165, 1.54) is 19.3 Å². The minimum Gasteiger partial charge on any atom is -0.394 e. The molecule has 2 aliphatic heterocycles. The van der Waals surface area contributed by atoms with Crippen LogP contribution >= 0.6 is 0 Å². The second-order valence-corrected chi connectivity index (χ2v) is 7.04. The fraction of sp³-hybridized carbons (Fsp3) is 0.889. The third kappa shape index (κ3) is 6.92. The second kappa shape index (κ2) is 10.7. The number of aliphatic hydroxyl groups excluding tert-OH is 1. The smallest absolute Gasteiger partial charge is 0.222 e. The number of carbonyl (C=O) groups excluding carboxylic acids is 2. The van der Waals surface area contributed by atoms with Crippen molar-refractivity contribution in [2.24, 2.45) is 0 Å². The summed E-state index contributed by atoms with van der Waals surface area (Å²) < 4.78 is 5.82. The number of carbonyl (C=O) groups is 2. The molecule has 0 bridgehead atoms. The number of ether oxygens (including phenoxy) is 1. The Bertz CT molecular complexity index is 427. The van der Waals surface area contributed by atoms with Gasteiger partial charge in [-0.05, 0) is 38.8 Å². The minimum atomic E-state index is -0.435. The fourth-order valence-electron chi connectivity index (χ4n) is 3.57. The molecule has 0 aromatic carbocycles. The Morgan fingerprint density at radius 1 is 1.16 bits per heavy atom. The summed E-state index contributed by atoms with van der Waals surface area (Å²) in [4.78, 5) is 26.0. The molecule has 2 rings (SSSR count). The number of hydrogen-bond donors (Lipinski definition) is 3. The molecule has 0 spiro atoms. The zero-order valence-electron chi connectivity index (χ0n) is 15.3. The molecule has 0 unspecified atom stereocenters. The van der Waals surface area contributed by atoms with Gasteiger partial charge in [-0.1, -0.05) is 13.3 Å². The fourth-order valence-corrected chi connectivity index (χ4v) is 3.57. The Kier molecular flexibility index (Phi) is 8.64. The average Bonchev–Trinajstić information content (AvgIpc) is 2.63. The van der Waals surface area contributed by atoms with Crippen LogP contribution in [0.25, 0.3) is 0 Å². The lowest BCUT2D eigenvalue weighted by atomic mass is 9.97. The minimum absolute atomic E-state index is 0.00487. The summed E-state index contributed by atoms with van der Waals surface area (Å²) in [6.45, 7) is 5.48. The van der Waals surface area contributed by atoms with Crippen molar-refractivity contribution in [2.75, 3.05) is 32.8 Å². The molecule has 2 heterocycles. The van der Waals surface area contributed by atoms with Crippen molar-refractivity contribution in [1.29, 1.82) is 0 Å². The number of nitrogens with one attached hydrogen (secondary N) is 2. The van der Waals surface area contributed by atoms with Gasteiger partial charge < -0.3 is 25.4 Å². The van der Waals surface area contributed by atoms with Crippen molar-refractivity contribution >= 4 is 11.8 Å². The summed E-state index contributed by atoms with van der Waals surface area (Å²) in [5.74, 6) is -0.0456. The molecule has 2 fully saturated rings. The van der Waals surface area contributed by atoms with E-state index >= 15 is 0 Å². The van der Waals surface area contributed by atoms with Gasteiger partial charge in [0.2, 0.25) is 11.8 Å². The topological polar surface area (TPSA) is 90.9 Å². The standard InChI is InChI=1S/C18H33N3O4/c1-2-17(23)20-15-7-6-14(25-16(15)13-22)12-18(24)19-8-11-21-9-4-3-5-10-21/h14-16,22H,2-13H2,1H3,(H,19,24)(H,20,23)/t14-,15+,16+/m1/s1. The Hall–Kier alpha value is -1.18. The molecule has 0 saturated carbocycles. The summed E-state index contributed by atoms with van der Waals surface area (Å²) >= 11 is 0. The molecule has 7 heteroatoms. The predicted molar refractivity (Wildman–Crippen MR) is 95.1 cm³/mol. The van der Waals surface area contributed by atoms with Gasteiger partial charge in [-0.3, -0.25) is 9.59 Å². The van der Waals surface area contributed by atoms with Crippen LogP contribution in [0.4, 0.5) is 0 Å². The number of piperidine rings is 1. The van der Waals surface area contributed by atoms with Crippen molar-refractivity contribution in [1.82, 2.24) is 15.5 Å². The number of rotatable bonds is 8. The first-order chi connectivity index (χ1) is 12.1. The van der Waals surface area contributed by atoms with Crippen molar-refractivity contribution < 1.29 is 19.4 Å². The van der Waals surface area contributed by atoms with Crippen molar-refractivity contribution in [3.05, 3.63) is 0 Å². The first-order valence-electron chi connectivity index (χ1n) is 9.67. The predicted octanol–water partition coefficient (Wildman–Crippen LogP) is 0.413. The molecule has 0 aromatic heterocycles. The lowest BCUT2D eigenvalue weighted by Gasteiger charge is -2.36. The van der Waals surface area contributed by atoms with Crippen LogP contribution in [0.15, 0.2) is 0 Å². The van der Waals surface area contributed by atoms with Crippen LogP contribution in [-0.4, -0.2) is 72.9 Å². The summed E-state index contributed by atoms with van der Waals surface area (Å²) in [5, 5.41) is 15.4. The number of aliphatic hydroxyl groups is 1. The second-order valence-electron chi connectivity index (χ2n) is 7.04. The molecular formula is C18H33N3O4. The number of nitrogens with zero attached hydrogens (tertiary/aromatic N) is 1. The summed E-state index contributed by atoms with van der Waals surface area (Å²) in [6, 6.07) is -0.170. The summed E-state index contributed by atoms with van der Waals surface area (Å²) in [5.41, 5.74) is 0. The van der Waals surface area contributed by atoms with Gasteiger partial charge in [0.25, 0.3) is 0 Å². The van der Waals surface area contributed by atoms with Crippen LogP contribution in [0.2, 0.25) is 0 Å². The highest BCUT2D eigenvalue weighted by Gasteiger charge is 2.32. The lowest BCUT2D eigenvalue weighted by molar-refractivity contribution is -0.135. The number of hydrogen-bond acceptors (Lipinski definition) is 5. The van der Waals surface area contributed by atoms with Gasteiger partial charge in [-0.15, -0.1) is 0 Å². The van der Waals surface area contributed by atoms with Gasteiger partial charge in [0.05, 0.1) is 25.2 Å². The van der Waals surface area contributed by atoms with E-state index in [2.05, 4.69) is 15.5 Å². The third-order valence-corrected chi connectivity index (χ3v) is 5.08. The summed E-state index contributed by atoms with van der Waals surface area (Å²) in [6.07, 6.45) is 5.35. The SMILES string of the molecule is CCC(=O)N[C@H]1CC[C@H](CC(=O)NCCN2CCCCC2)O[C@H]1CO. The van der Waals surface area contributed by atoms with E-state index in [4.69, 9.17) is 4.74 Å². The van der Waals surface area contributed by atoms with Gasteiger partial charge >= 0.3 is 0 Å². The Labute approximate surface area is 150 Å². The zero-order valence-corrected chi connectivity index (χ0v) is 15.3. The normalized spacial score (nSPS) is 27.7. The molecule has 2 amide bonds. The van der Waals surface area contributed by atoms with Gasteiger partial charge in [0, 0.05) is 19.5 Å². The van der Waals surface area contributed by atoms with Gasteiger partial charge in [-0.25, -0.2) is 0 Å². The Morgan fingerprint density at radius 2 is 1.92 bits per heavy atom. The monoisotopic (exact) mass is 355 g/mol. The first-order valence-corrected chi connectivity index (χ1v) is 9.67. The molecule has 2 saturated heterocycles. The quantitative estimate of drug-likeness (QED) is 0.587. The molecule has 0 aromatic rings. The molecule has 0 aliphatic carbocycles. The van der Waals surface area contributed by atoms with Crippen LogP contribution in [-0.2, 0) is 14.3 Å². The zero-order chi connectivity index (χ0) is 18.1. The average molecular weight is 355 g/mol. The van der Waals surface area contributed by atoms with E-state index in [1.807, 2.05) is 0 Å². The van der Waals surface area contributed by atoms with Crippen LogP contribution in [0, 0.1) is 0 Å². The molecule has 3 N–H and O–H groups in total. The highest BCUT2D eigenvalue weighted by Crippen LogP contribution is 2.22. The molecular weight excluding hydrogens is 322 g/mol. The third-order valence-electron chi connectivity index (χ3n) is 5.08. The highest BCUT2D eigenvalue weighted by molar-refractivity contribution is 5.76.